The van der Waals surface area contributed by atoms with Crippen molar-refractivity contribution in [2.24, 2.45) is 5.92 Å². The van der Waals surface area contributed by atoms with Gasteiger partial charge in [-0.25, -0.2) is 8.42 Å². The van der Waals surface area contributed by atoms with Crippen LogP contribution in [0.1, 0.15) is 25.3 Å². The Kier molecular flexibility index (Phi) is 8.10. The average Bonchev–Trinajstić information content (AvgIpc) is 2.83. The first kappa shape index (κ1) is 24.7. The van der Waals surface area contributed by atoms with Gasteiger partial charge >= 0.3 is 5.97 Å². The topological polar surface area (TPSA) is 111 Å². The van der Waals surface area contributed by atoms with Gasteiger partial charge < -0.3 is 14.5 Å². The van der Waals surface area contributed by atoms with E-state index in [1.165, 1.54) is 10.5 Å². The number of likely N-dealkylation sites (tertiary alicyclic amines) is 1. The van der Waals surface area contributed by atoms with Gasteiger partial charge in [-0.15, -0.1) is 0 Å². The number of sulfonamides is 1. The van der Waals surface area contributed by atoms with Gasteiger partial charge in [-0.2, -0.15) is 9.57 Å². The van der Waals surface area contributed by atoms with Crippen molar-refractivity contribution in [1.29, 1.82) is 5.26 Å². The van der Waals surface area contributed by atoms with Gasteiger partial charge in [0.05, 0.1) is 17.4 Å². The highest BCUT2D eigenvalue weighted by atomic mass is 32.2. The lowest BCUT2D eigenvalue weighted by atomic mass is 9.96. The largest absolute Gasteiger partial charge is 0.466 e. The van der Waals surface area contributed by atoms with Gasteiger partial charge in [-0.3, -0.25) is 9.59 Å². The van der Waals surface area contributed by atoms with Crippen LogP contribution in [0, 0.1) is 24.2 Å². The van der Waals surface area contributed by atoms with E-state index >= 15 is 0 Å². The van der Waals surface area contributed by atoms with Gasteiger partial charge in [0.1, 0.15) is 11.6 Å². The summed E-state index contributed by atoms with van der Waals surface area (Å²) in [6.45, 7) is 6.08. The number of ether oxygens (including phenoxy) is 1. The Balaban J connectivity index is 1.57. The molecule has 2 saturated heterocycles. The molecule has 2 fully saturated rings. The van der Waals surface area contributed by atoms with Crippen LogP contribution in [0.25, 0.3) is 0 Å². The lowest BCUT2D eigenvalue weighted by Crippen LogP contribution is -2.47. The summed E-state index contributed by atoms with van der Waals surface area (Å²) in [7, 11) is -3.58. The van der Waals surface area contributed by atoms with Gasteiger partial charge in [0, 0.05) is 45.5 Å². The molecule has 9 nitrogen and oxygen atoms in total. The fourth-order valence-corrected chi connectivity index (χ4v) is 5.42. The number of nitriles is 1. The van der Waals surface area contributed by atoms with Crippen LogP contribution in [0.3, 0.4) is 0 Å². The summed E-state index contributed by atoms with van der Waals surface area (Å²) in [6.07, 6.45) is 2.55. The molecule has 0 saturated carbocycles. The first-order valence-corrected chi connectivity index (χ1v) is 12.6. The zero-order valence-corrected chi connectivity index (χ0v) is 19.9. The van der Waals surface area contributed by atoms with E-state index in [0.717, 1.165) is 5.56 Å². The van der Waals surface area contributed by atoms with Crippen molar-refractivity contribution >= 4 is 21.9 Å². The maximum atomic E-state index is 12.9. The Hall–Kier alpha value is -2.90. The third-order valence-corrected chi connectivity index (χ3v) is 7.91. The lowest BCUT2D eigenvalue weighted by Gasteiger charge is -2.34. The van der Waals surface area contributed by atoms with Crippen LogP contribution in [0.2, 0.25) is 0 Å². The summed E-state index contributed by atoms with van der Waals surface area (Å²) in [6, 6.07) is 8.73. The fraction of sp³-hybridized carbons (Fsp3) is 0.522. The normalized spacial score (nSPS) is 18.6. The van der Waals surface area contributed by atoms with Crippen molar-refractivity contribution in [3.63, 3.8) is 0 Å². The average molecular weight is 475 g/mol. The number of carbonyl (C=O) groups excluding carboxylic acids is 2. The molecule has 0 bridgehead atoms. The maximum Gasteiger partial charge on any atom is 0.309 e. The molecule has 1 aromatic carbocycles. The maximum absolute atomic E-state index is 12.9. The summed E-state index contributed by atoms with van der Waals surface area (Å²) < 4.78 is 32.2. The molecule has 0 unspecified atom stereocenters. The Labute approximate surface area is 195 Å². The van der Waals surface area contributed by atoms with Crippen LogP contribution in [-0.4, -0.2) is 80.3 Å². The Morgan fingerprint density at radius 1 is 1.09 bits per heavy atom. The minimum Gasteiger partial charge on any atom is -0.466 e. The zero-order valence-electron chi connectivity index (χ0n) is 19.1. The van der Waals surface area contributed by atoms with Gasteiger partial charge in [0.15, 0.2) is 0 Å². The van der Waals surface area contributed by atoms with E-state index in [1.54, 1.807) is 36.1 Å². The van der Waals surface area contributed by atoms with Crippen LogP contribution in [0.4, 0.5) is 0 Å². The number of nitrogens with zero attached hydrogens (tertiary/aromatic N) is 4. The van der Waals surface area contributed by atoms with Gasteiger partial charge in [-0.1, -0.05) is 17.7 Å². The first-order valence-electron chi connectivity index (χ1n) is 11.1. The molecule has 1 aromatic rings. The fourth-order valence-electron chi connectivity index (χ4n) is 4.00. The van der Waals surface area contributed by atoms with Crippen molar-refractivity contribution in [1.82, 2.24) is 14.1 Å². The molecule has 0 spiro atoms. The summed E-state index contributed by atoms with van der Waals surface area (Å²) >= 11 is 0. The van der Waals surface area contributed by atoms with Crippen molar-refractivity contribution in [3.8, 4) is 6.07 Å². The second kappa shape index (κ2) is 10.8. The number of hydrogen-bond acceptors (Lipinski definition) is 7. The molecule has 2 heterocycles. The third-order valence-electron chi connectivity index (χ3n) is 6.00. The molecule has 10 heteroatoms. The number of carbonyl (C=O) groups is 2. The first-order chi connectivity index (χ1) is 15.8. The molecular formula is C23H30N4O5S. The Bertz CT molecular complexity index is 1030. The Morgan fingerprint density at radius 3 is 2.24 bits per heavy atom. The highest BCUT2D eigenvalue weighted by Gasteiger charge is 2.31. The van der Waals surface area contributed by atoms with E-state index < -0.39 is 10.0 Å². The van der Waals surface area contributed by atoms with Crippen LogP contribution in [-0.2, 0) is 24.3 Å². The van der Waals surface area contributed by atoms with E-state index in [2.05, 4.69) is 0 Å². The van der Waals surface area contributed by atoms with Gasteiger partial charge in [-0.05, 0) is 38.8 Å². The summed E-state index contributed by atoms with van der Waals surface area (Å²) in [5.74, 6) is -0.819. The predicted octanol–water partition coefficient (Wildman–Crippen LogP) is 1.51. The van der Waals surface area contributed by atoms with Crippen LogP contribution >= 0.6 is 0 Å². The molecule has 1 amide bonds. The van der Waals surface area contributed by atoms with Crippen LogP contribution in [0.5, 0.6) is 0 Å². The number of rotatable bonds is 6. The van der Waals surface area contributed by atoms with E-state index in [9.17, 15) is 23.3 Å². The SMILES string of the molecule is CCOC(=O)C1CCN(C(=O)/C(C#N)=C\N2CCN(S(=O)(=O)c3ccc(C)cc3)CC2)CC1. The number of piperidine rings is 1. The van der Waals surface area contributed by atoms with E-state index in [4.69, 9.17) is 4.74 Å². The van der Waals surface area contributed by atoms with Crippen molar-refractivity contribution in [2.45, 2.75) is 31.6 Å². The van der Waals surface area contributed by atoms with Crippen LogP contribution in [0.15, 0.2) is 40.9 Å². The third kappa shape index (κ3) is 5.92. The molecule has 178 valence electrons. The molecule has 0 radical (unpaired) electrons. The molecule has 2 aliphatic heterocycles. The van der Waals surface area contributed by atoms with E-state index in [0.29, 0.717) is 45.6 Å². The van der Waals surface area contributed by atoms with Gasteiger partial charge in [0.25, 0.3) is 5.91 Å². The molecule has 0 atom stereocenters. The number of esters is 1. The molecular weight excluding hydrogens is 444 g/mol. The zero-order chi connectivity index (χ0) is 24.0. The number of hydrogen-bond donors (Lipinski definition) is 0. The molecule has 3 rings (SSSR count). The van der Waals surface area contributed by atoms with E-state index in [-0.39, 0.29) is 41.4 Å². The van der Waals surface area contributed by atoms with Crippen LogP contribution < -0.4 is 0 Å². The standard InChI is InChI=1S/C23H30N4O5S/c1-3-32-23(29)19-8-10-26(11-9-19)22(28)20(16-24)17-25-12-14-27(15-13-25)33(30,31)21-6-4-18(2)5-7-21/h4-7,17,19H,3,8-15H2,1-2H3/b20-17-. The molecule has 2 aliphatic rings. The number of aryl methyl sites for hydroxylation is 1. The molecule has 0 aromatic heterocycles. The summed E-state index contributed by atoms with van der Waals surface area (Å²) in [5.41, 5.74) is 1.00. The van der Waals surface area contributed by atoms with Crippen molar-refractivity contribution in [3.05, 3.63) is 41.6 Å². The quantitative estimate of drug-likeness (QED) is 0.349. The number of benzene rings is 1. The van der Waals surface area contributed by atoms with E-state index in [1.807, 2.05) is 17.9 Å². The summed E-state index contributed by atoms with van der Waals surface area (Å²) in [5, 5.41) is 9.55. The molecule has 0 N–H and O–H groups in total. The number of piperazine rings is 1. The second-order valence-electron chi connectivity index (χ2n) is 8.23. The molecule has 33 heavy (non-hydrogen) atoms. The number of amides is 1. The Morgan fingerprint density at radius 2 is 1.70 bits per heavy atom. The minimum atomic E-state index is -3.58. The predicted molar refractivity (Wildman–Crippen MR) is 121 cm³/mol. The monoisotopic (exact) mass is 474 g/mol. The van der Waals surface area contributed by atoms with Crippen molar-refractivity contribution < 1.29 is 22.7 Å². The smallest absolute Gasteiger partial charge is 0.309 e. The minimum absolute atomic E-state index is 0.0134. The second-order valence-corrected chi connectivity index (χ2v) is 10.2. The summed E-state index contributed by atoms with van der Waals surface area (Å²) in [4.78, 5) is 28.4. The van der Waals surface area contributed by atoms with Crippen molar-refractivity contribution in [2.75, 3.05) is 45.9 Å². The highest BCUT2D eigenvalue weighted by Crippen LogP contribution is 2.21. The van der Waals surface area contributed by atoms with Gasteiger partial charge in [0.2, 0.25) is 10.0 Å². The lowest BCUT2D eigenvalue weighted by molar-refractivity contribution is -0.150. The molecule has 0 aliphatic carbocycles. The highest BCUT2D eigenvalue weighted by molar-refractivity contribution is 7.89.